The number of rotatable bonds is 6. The van der Waals surface area contributed by atoms with Crippen molar-refractivity contribution in [3.05, 3.63) is 0 Å². The molecule has 1 N–H and O–H groups in total. The molecule has 2 nitrogen and oxygen atoms in total. The number of hydrogen-bond donors (Lipinski definition) is 1. The van der Waals surface area contributed by atoms with Gasteiger partial charge in [-0.05, 0) is 69.2 Å². The van der Waals surface area contributed by atoms with Crippen LogP contribution in [0.3, 0.4) is 0 Å². The Hall–Kier alpha value is -0.0800. The molecule has 0 spiro atoms. The zero-order valence-corrected chi connectivity index (χ0v) is 13.4. The summed E-state index contributed by atoms with van der Waals surface area (Å²) in [5.41, 5.74) is 0.205. The van der Waals surface area contributed by atoms with E-state index in [4.69, 9.17) is 4.74 Å². The van der Waals surface area contributed by atoms with Crippen LogP contribution in [-0.4, -0.2) is 25.3 Å². The van der Waals surface area contributed by atoms with Crippen molar-refractivity contribution in [3.63, 3.8) is 0 Å². The van der Waals surface area contributed by atoms with Crippen molar-refractivity contribution in [1.82, 2.24) is 5.32 Å². The minimum absolute atomic E-state index is 0.205. The van der Waals surface area contributed by atoms with Gasteiger partial charge in [0.2, 0.25) is 0 Å². The van der Waals surface area contributed by atoms with Crippen molar-refractivity contribution in [2.45, 2.75) is 77.4 Å². The van der Waals surface area contributed by atoms with Crippen LogP contribution in [-0.2, 0) is 4.74 Å². The Kier molecular flexibility index (Phi) is 5.30. The molecule has 3 atom stereocenters. The Morgan fingerprint density at radius 2 is 1.79 bits per heavy atom. The molecule has 0 amide bonds. The second-order valence-electron chi connectivity index (χ2n) is 7.29. The predicted octanol–water partition coefficient (Wildman–Crippen LogP) is 4.00. The van der Waals surface area contributed by atoms with E-state index in [0.717, 1.165) is 24.3 Å². The van der Waals surface area contributed by atoms with Gasteiger partial charge in [-0.1, -0.05) is 20.8 Å². The van der Waals surface area contributed by atoms with Crippen LogP contribution in [0, 0.1) is 17.8 Å². The lowest BCUT2D eigenvalue weighted by molar-refractivity contribution is -0.0888. The Labute approximate surface area is 119 Å². The van der Waals surface area contributed by atoms with Crippen LogP contribution in [0.1, 0.15) is 65.7 Å². The first-order chi connectivity index (χ1) is 9.08. The topological polar surface area (TPSA) is 21.3 Å². The van der Waals surface area contributed by atoms with Gasteiger partial charge in [-0.25, -0.2) is 0 Å². The summed E-state index contributed by atoms with van der Waals surface area (Å²) in [6.07, 6.45) is 9.34. The van der Waals surface area contributed by atoms with Crippen LogP contribution in [0.2, 0.25) is 0 Å². The van der Waals surface area contributed by atoms with Crippen molar-refractivity contribution in [1.29, 1.82) is 0 Å². The summed E-state index contributed by atoms with van der Waals surface area (Å²) in [6.45, 7) is 8.19. The van der Waals surface area contributed by atoms with Crippen LogP contribution < -0.4 is 5.32 Å². The molecule has 0 radical (unpaired) electrons. The first-order valence-electron chi connectivity index (χ1n) is 8.37. The fourth-order valence-electron chi connectivity index (χ4n) is 4.47. The molecule has 0 heterocycles. The lowest BCUT2D eigenvalue weighted by Crippen LogP contribution is -2.49. The fraction of sp³-hybridized carbons (Fsp3) is 1.00. The highest BCUT2D eigenvalue weighted by molar-refractivity contribution is 4.96. The average Bonchev–Trinajstić information content (AvgIpc) is 2.31. The molecule has 2 aliphatic carbocycles. The molecular weight excluding hydrogens is 234 g/mol. The van der Waals surface area contributed by atoms with Crippen LogP contribution in [0.15, 0.2) is 0 Å². The molecule has 0 aliphatic heterocycles. The van der Waals surface area contributed by atoms with Gasteiger partial charge in [0.25, 0.3) is 0 Å². The largest absolute Gasteiger partial charge is 0.378 e. The molecule has 0 aromatic heterocycles. The van der Waals surface area contributed by atoms with Crippen LogP contribution >= 0.6 is 0 Å². The monoisotopic (exact) mass is 267 g/mol. The molecule has 0 saturated heterocycles. The van der Waals surface area contributed by atoms with Gasteiger partial charge in [0.15, 0.2) is 0 Å². The van der Waals surface area contributed by atoms with E-state index in [2.05, 4.69) is 26.1 Å². The molecule has 2 aliphatic rings. The minimum atomic E-state index is 0.205. The molecule has 3 unspecified atom stereocenters. The molecule has 2 rings (SSSR count). The Bertz CT molecular complexity index is 259. The minimum Gasteiger partial charge on any atom is -0.378 e. The van der Waals surface area contributed by atoms with Crippen LogP contribution in [0.4, 0.5) is 0 Å². The predicted molar refractivity (Wildman–Crippen MR) is 81.3 cm³/mol. The van der Waals surface area contributed by atoms with Gasteiger partial charge < -0.3 is 10.1 Å². The highest BCUT2D eigenvalue weighted by Crippen LogP contribution is 2.43. The van der Waals surface area contributed by atoms with Gasteiger partial charge in [-0.2, -0.15) is 0 Å². The summed E-state index contributed by atoms with van der Waals surface area (Å²) in [5.74, 6) is 2.65. The summed E-state index contributed by atoms with van der Waals surface area (Å²) in [7, 11) is 1.91. The van der Waals surface area contributed by atoms with Crippen molar-refractivity contribution in [2.75, 3.05) is 13.7 Å². The van der Waals surface area contributed by atoms with E-state index in [1.165, 1.54) is 44.9 Å². The van der Waals surface area contributed by atoms with E-state index in [-0.39, 0.29) is 5.60 Å². The maximum absolute atomic E-state index is 5.86. The second kappa shape index (κ2) is 6.58. The maximum Gasteiger partial charge on any atom is 0.0693 e. The molecule has 112 valence electrons. The molecule has 0 bridgehead atoms. The Balaban J connectivity index is 1.98. The smallest absolute Gasteiger partial charge is 0.0693 e. The van der Waals surface area contributed by atoms with Gasteiger partial charge in [0, 0.05) is 13.2 Å². The number of ether oxygens (including phenoxy) is 1. The van der Waals surface area contributed by atoms with E-state index in [1.807, 2.05) is 7.11 Å². The normalized spacial score (nSPS) is 35.7. The number of methoxy groups -OCH3 is 1. The Morgan fingerprint density at radius 1 is 1.16 bits per heavy atom. The zero-order chi connectivity index (χ0) is 13.9. The van der Waals surface area contributed by atoms with Gasteiger partial charge in [-0.15, -0.1) is 0 Å². The van der Waals surface area contributed by atoms with E-state index in [0.29, 0.717) is 6.04 Å². The summed E-state index contributed by atoms with van der Waals surface area (Å²) in [6, 6.07) is 0.662. The van der Waals surface area contributed by atoms with Crippen molar-refractivity contribution < 1.29 is 4.74 Å². The highest BCUT2D eigenvalue weighted by Gasteiger charge is 2.41. The SMILES string of the molecule is CCNC(CC1(OC)CCC1)C1CC(C)CC(C)C1. The second-order valence-corrected chi connectivity index (χ2v) is 7.29. The summed E-state index contributed by atoms with van der Waals surface area (Å²) < 4.78 is 5.86. The van der Waals surface area contributed by atoms with E-state index in [1.54, 1.807) is 0 Å². The quantitative estimate of drug-likeness (QED) is 0.785. The van der Waals surface area contributed by atoms with Gasteiger partial charge in [0.05, 0.1) is 5.60 Å². The van der Waals surface area contributed by atoms with Crippen molar-refractivity contribution in [2.24, 2.45) is 17.8 Å². The molecule has 0 aromatic rings. The van der Waals surface area contributed by atoms with Crippen molar-refractivity contribution >= 4 is 0 Å². The molecule has 2 heteroatoms. The van der Waals surface area contributed by atoms with E-state index in [9.17, 15) is 0 Å². The third kappa shape index (κ3) is 3.72. The zero-order valence-electron chi connectivity index (χ0n) is 13.4. The first kappa shape index (κ1) is 15.3. The summed E-state index contributed by atoms with van der Waals surface area (Å²) in [4.78, 5) is 0. The maximum atomic E-state index is 5.86. The average molecular weight is 267 g/mol. The van der Waals surface area contributed by atoms with E-state index >= 15 is 0 Å². The third-order valence-electron chi connectivity index (χ3n) is 5.54. The van der Waals surface area contributed by atoms with E-state index < -0.39 is 0 Å². The Morgan fingerprint density at radius 3 is 2.21 bits per heavy atom. The number of nitrogens with one attached hydrogen (secondary N) is 1. The molecular formula is C17H33NO. The van der Waals surface area contributed by atoms with Crippen LogP contribution in [0.5, 0.6) is 0 Å². The summed E-state index contributed by atoms with van der Waals surface area (Å²) >= 11 is 0. The highest BCUT2D eigenvalue weighted by atomic mass is 16.5. The molecule has 2 saturated carbocycles. The molecule has 19 heavy (non-hydrogen) atoms. The number of hydrogen-bond acceptors (Lipinski definition) is 2. The lowest BCUT2D eigenvalue weighted by atomic mass is 9.68. The first-order valence-corrected chi connectivity index (χ1v) is 8.37. The summed E-state index contributed by atoms with van der Waals surface area (Å²) in [5, 5.41) is 3.77. The van der Waals surface area contributed by atoms with Gasteiger partial charge in [-0.3, -0.25) is 0 Å². The lowest BCUT2D eigenvalue weighted by Gasteiger charge is -2.46. The third-order valence-corrected chi connectivity index (χ3v) is 5.54. The fourth-order valence-corrected chi connectivity index (χ4v) is 4.47. The molecule has 0 aromatic carbocycles. The standard InChI is InChI=1S/C17H33NO/c1-5-18-16(12-17(19-4)7-6-8-17)15-10-13(2)9-14(3)11-15/h13-16,18H,5-12H2,1-4H3. The molecule has 2 fully saturated rings. The van der Waals surface area contributed by atoms with Crippen molar-refractivity contribution in [3.8, 4) is 0 Å². The van der Waals surface area contributed by atoms with Crippen LogP contribution in [0.25, 0.3) is 0 Å². The van der Waals surface area contributed by atoms with Gasteiger partial charge in [0.1, 0.15) is 0 Å². The van der Waals surface area contributed by atoms with Gasteiger partial charge >= 0.3 is 0 Å².